The molecule has 0 spiro atoms. The maximum Gasteiger partial charge on any atom is 0.141 e. The summed E-state index contributed by atoms with van der Waals surface area (Å²) >= 11 is 6.98. The number of hydrogen-bond donors (Lipinski definition) is 0. The minimum absolute atomic E-state index is 0.807. The summed E-state index contributed by atoms with van der Waals surface area (Å²) in [7, 11) is 3.80. The molecule has 1 aromatic rings. The van der Waals surface area contributed by atoms with Crippen molar-refractivity contribution < 1.29 is 4.74 Å². The number of ether oxygens (including phenoxy) is 1. The van der Waals surface area contributed by atoms with E-state index in [0.29, 0.717) is 0 Å². The molecule has 19 heavy (non-hydrogen) atoms. The number of nitrogens with zero attached hydrogens (tertiary/aromatic N) is 3. The summed E-state index contributed by atoms with van der Waals surface area (Å²) in [5, 5.41) is 6.63. The Bertz CT molecular complexity index is 471. The lowest BCUT2D eigenvalue weighted by Gasteiger charge is -2.30. The van der Waals surface area contributed by atoms with Gasteiger partial charge in [-0.2, -0.15) is 5.10 Å². The first-order chi connectivity index (χ1) is 9.10. The highest BCUT2D eigenvalue weighted by molar-refractivity contribution is 9.11. The molecule has 0 radical (unpaired) electrons. The molecule has 1 saturated heterocycles. The van der Waals surface area contributed by atoms with Crippen LogP contribution in [0.3, 0.4) is 0 Å². The van der Waals surface area contributed by atoms with Gasteiger partial charge in [-0.1, -0.05) is 15.9 Å². The monoisotopic (exact) mass is 389 g/mol. The van der Waals surface area contributed by atoms with Gasteiger partial charge in [0.15, 0.2) is 0 Å². The molecule has 0 aliphatic carbocycles. The first-order valence-electron chi connectivity index (χ1n) is 6.10. The summed E-state index contributed by atoms with van der Waals surface area (Å²) < 4.78 is 7.32. The molecule has 0 amide bonds. The number of likely N-dealkylation sites (N-methyl/N-ethyl adjacent to an activating group) is 1. The lowest BCUT2D eigenvalue weighted by molar-refractivity contribution is 0.159. The zero-order valence-corrected chi connectivity index (χ0v) is 14.2. The molecule has 0 saturated carbocycles. The number of hydrazone groups is 1. The second-order valence-corrected chi connectivity index (χ2v) is 6.28. The van der Waals surface area contributed by atoms with Crippen LogP contribution in [0, 0.1) is 0 Å². The van der Waals surface area contributed by atoms with Gasteiger partial charge in [0.1, 0.15) is 5.75 Å². The lowest BCUT2D eigenvalue weighted by atomic mass is 10.2. The van der Waals surface area contributed by atoms with Crippen molar-refractivity contribution in [3.63, 3.8) is 0 Å². The van der Waals surface area contributed by atoms with E-state index < -0.39 is 0 Å². The summed E-state index contributed by atoms with van der Waals surface area (Å²) in [5.74, 6) is 0.807. The van der Waals surface area contributed by atoms with Gasteiger partial charge in [0.2, 0.25) is 0 Å². The number of rotatable bonds is 3. The van der Waals surface area contributed by atoms with E-state index in [4.69, 9.17) is 4.74 Å². The maximum absolute atomic E-state index is 5.40. The molecule has 0 N–H and O–H groups in total. The molecule has 2 rings (SSSR count). The van der Waals surface area contributed by atoms with Crippen molar-refractivity contribution in [2.24, 2.45) is 5.10 Å². The molecule has 0 unspecified atom stereocenters. The van der Waals surface area contributed by atoms with Crippen LogP contribution in [0.1, 0.15) is 5.56 Å². The standard InChI is InChI=1S/C13H17Br2N3O/c1-17-3-5-18(6-4-17)16-9-10-7-11(14)8-12(15)13(10)19-2/h7-9H,3-6H2,1-2H3/b16-9-. The minimum Gasteiger partial charge on any atom is -0.495 e. The highest BCUT2D eigenvalue weighted by atomic mass is 79.9. The molecule has 1 aliphatic rings. The van der Waals surface area contributed by atoms with Crippen molar-refractivity contribution in [1.82, 2.24) is 9.91 Å². The largest absolute Gasteiger partial charge is 0.495 e. The van der Waals surface area contributed by atoms with Crippen LogP contribution in [0.25, 0.3) is 0 Å². The fourth-order valence-corrected chi connectivity index (χ4v) is 3.37. The second kappa shape index (κ2) is 6.72. The number of methoxy groups -OCH3 is 1. The Morgan fingerprint density at radius 1 is 1.21 bits per heavy atom. The summed E-state index contributed by atoms with van der Waals surface area (Å²) in [6.07, 6.45) is 1.86. The van der Waals surface area contributed by atoms with Crippen LogP contribution in [0.5, 0.6) is 5.75 Å². The summed E-state index contributed by atoms with van der Waals surface area (Å²) in [5.41, 5.74) is 0.961. The van der Waals surface area contributed by atoms with Gasteiger partial charge < -0.3 is 9.64 Å². The molecular formula is C13H17Br2N3O. The van der Waals surface area contributed by atoms with Crippen LogP contribution in [-0.2, 0) is 0 Å². The highest BCUT2D eigenvalue weighted by Crippen LogP contribution is 2.31. The van der Waals surface area contributed by atoms with Crippen molar-refractivity contribution in [3.8, 4) is 5.75 Å². The Morgan fingerprint density at radius 3 is 2.53 bits per heavy atom. The maximum atomic E-state index is 5.40. The van der Waals surface area contributed by atoms with E-state index in [-0.39, 0.29) is 0 Å². The van der Waals surface area contributed by atoms with Gasteiger partial charge in [-0.15, -0.1) is 0 Å². The molecule has 0 bridgehead atoms. The van der Waals surface area contributed by atoms with Crippen LogP contribution in [0.4, 0.5) is 0 Å². The molecule has 1 aromatic carbocycles. The average Bonchev–Trinajstić information content (AvgIpc) is 2.37. The van der Waals surface area contributed by atoms with Gasteiger partial charge in [0, 0.05) is 36.2 Å². The van der Waals surface area contributed by atoms with E-state index in [9.17, 15) is 0 Å². The molecule has 1 aliphatic heterocycles. The Hall–Kier alpha value is -0.590. The van der Waals surface area contributed by atoms with E-state index in [1.165, 1.54) is 0 Å². The number of halogens is 2. The van der Waals surface area contributed by atoms with Crippen molar-refractivity contribution >= 4 is 38.1 Å². The van der Waals surface area contributed by atoms with E-state index in [0.717, 1.165) is 46.4 Å². The first-order valence-corrected chi connectivity index (χ1v) is 7.69. The number of piperazine rings is 1. The predicted molar refractivity (Wildman–Crippen MR) is 85.1 cm³/mol. The van der Waals surface area contributed by atoms with Crippen molar-refractivity contribution in [2.75, 3.05) is 40.3 Å². The lowest BCUT2D eigenvalue weighted by Crippen LogP contribution is -2.41. The van der Waals surface area contributed by atoms with Crippen molar-refractivity contribution in [2.45, 2.75) is 0 Å². The van der Waals surface area contributed by atoms with Crippen LogP contribution >= 0.6 is 31.9 Å². The summed E-state index contributed by atoms with van der Waals surface area (Å²) in [6.45, 7) is 4.03. The van der Waals surface area contributed by atoms with Crippen LogP contribution < -0.4 is 4.74 Å². The zero-order valence-electron chi connectivity index (χ0n) is 11.1. The van der Waals surface area contributed by atoms with Crippen LogP contribution in [0.15, 0.2) is 26.2 Å². The molecule has 1 heterocycles. The van der Waals surface area contributed by atoms with Crippen molar-refractivity contribution in [1.29, 1.82) is 0 Å². The predicted octanol–water partition coefficient (Wildman–Crippen LogP) is 2.80. The molecule has 4 nitrogen and oxygen atoms in total. The Morgan fingerprint density at radius 2 is 1.89 bits per heavy atom. The van der Waals surface area contributed by atoms with E-state index >= 15 is 0 Å². The van der Waals surface area contributed by atoms with Crippen LogP contribution in [-0.4, -0.2) is 56.5 Å². The topological polar surface area (TPSA) is 28.1 Å². The third kappa shape index (κ3) is 3.94. The summed E-state index contributed by atoms with van der Waals surface area (Å²) in [4.78, 5) is 2.31. The fraction of sp³-hybridized carbons (Fsp3) is 0.462. The number of hydrogen-bond acceptors (Lipinski definition) is 4. The van der Waals surface area contributed by atoms with Gasteiger partial charge in [-0.05, 0) is 35.1 Å². The first kappa shape index (κ1) is 14.8. The Labute approximate surface area is 130 Å². The highest BCUT2D eigenvalue weighted by Gasteiger charge is 2.12. The molecule has 104 valence electrons. The molecule has 0 aromatic heterocycles. The van der Waals surface area contributed by atoms with Gasteiger partial charge >= 0.3 is 0 Å². The van der Waals surface area contributed by atoms with Crippen molar-refractivity contribution in [3.05, 3.63) is 26.6 Å². The van der Waals surface area contributed by atoms with E-state index in [2.05, 4.69) is 53.9 Å². The van der Waals surface area contributed by atoms with Gasteiger partial charge in [0.25, 0.3) is 0 Å². The van der Waals surface area contributed by atoms with Gasteiger partial charge in [-0.3, -0.25) is 5.01 Å². The quantitative estimate of drug-likeness (QED) is 0.743. The third-order valence-corrected chi connectivity index (χ3v) is 4.13. The Balaban J connectivity index is 2.14. The molecule has 6 heteroatoms. The second-order valence-electron chi connectivity index (χ2n) is 4.51. The van der Waals surface area contributed by atoms with E-state index in [1.54, 1.807) is 7.11 Å². The normalized spacial score (nSPS) is 17.2. The van der Waals surface area contributed by atoms with Crippen LogP contribution in [0.2, 0.25) is 0 Å². The fourth-order valence-electron chi connectivity index (χ4n) is 1.95. The Kier molecular flexibility index (Phi) is 5.24. The third-order valence-electron chi connectivity index (χ3n) is 3.08. The minimum atomic E-state index is 0.807. The van der Waals surface area contributed by atoms with Gasteiger partial charge in [0.05, 0.1) is 17.8 Å². The SMILES string of the molecule is COc1c(Br)cc(Br)cc1/C=N\N1CCN(C)CC1. The van der Waals surface area contributed by atoms with E-state index in [1.807, 2.05) is 18.3 Å². The van der Waals surface area contributed by atoms with Gasteiger partial charge in [-0.25, -0.2) is 0 Å². The summed E-state index contributed by atoms with van der Waals surface area (Å²) in [6, 6.07) is 3.97. The molecular weight excluding hydrogens is 374 g/mol. The average molecular weight is 391 g/mol. The molecule has 1 fully saturated rings. The molecule has 0 atom stereocenters. The smallest absolute Gasteiger partial charge is 0.141 e. The zero-order chi connectivity index (χ0) is 13.8. The number of benzene rings is 1.